The first-order chi connectivity index (χ1) is 16.4. The van der Waals surface area contributed by atoms with Crippen LogP contribution in [0.3, 0.4) is 0 Å². The van der Waals surface area contributed by atoms with E-state index in [9.17, 15) is 14.7 Å². The minimum absolute atomic E-state index is 0.149. The Kier molecular flexibility index (Phi) is 6.48. The molecule has 3 aliphatic rings. The normalized spacial score (nSPS) is 21.1. The number of aliphatic hydroxyl groups is 1. The molecule has 0 spiro atoms. The number of carbonyl (C=O) groups is 2. The Hall–Kier alpha value is -2.65. The van der Waals surface area contributed by atoms with E-state index in [0.29, 0.717) is 35.9 Å². The number of benzene rings is 1. The molecule has 180 valence electrons. The SMILES string of the molecule is Cc1[nH]c2c(c1C(=O)NCC(O)CN1CCOCC1)CCCC2=C1C(=O)Nc2ccc(Cl)cc21. The number of nitrogens with one attached hydrogen (secondary N) is 3. The number of amides is 2. The molecule has 3 heterocycles. The predicted octanol–water partition coefficient (Wildman–Crippen LogP) is 2.60. The highest BCUT2D eigenvalue weighted by Crippen LogP contribution is 2.43. The fourth-order valence-corrected chi connectivity index (χ4v) is 5.37. The molecule has 1 aromatic carbocycles. The number of H-pyrrole nitrogens is 1. The molecule has 1 saturated heterocycles. The average Bonchev–Trinajstić information content (AvgIpc) is 3.33. The maximum atomic E-state index is 13.1. The molecule has 1 fully saturated rings. The highest BCUT2D eigenvalue weighted by Gasteiger charge is 2.33. The molecule has 34 heavy (non-hydrogen) atoms. The minimum atomic E-state index is -0.654. The number of hydrogen-bond acceptors (Lipinski definition) is 5. The summed E-state index contributed by atoms with van der Waals surface area (Å²) in [6, 6.07) is 5.38. The molecule has 2 aliphatic heterocycles. The summed E-state index contributed by atoms with van der Waals surface area (Å²) < 4.78 is 5.34. The topological polar surface area (TPSA) is 107 Å². The van der Waals surface area contributed by atoms with Crippen molar-refractivity contribution in [1.29, 1.82) is 0 Å². The van der Waals surface area contributed by atoms with Crippen LogP contribution in [0.2, 0.25) is 5.02 Å². The Morgan fingerprint density at radius 1 is 1.29 bits per heavy atom. The van der Waals surface area contributed by atoms with Crippen LogP contribution in [0.25, 0.3) is 11.1 Å². The van der Waals surface area contributed by atoms with Crippen LogP contribution >= 0.6 is 11.6 Å². The summed E-state index contributed by atoms with van der Waals surface area (Å²) in [5.41, 5.74) is 6.22. The van der Waals surface area contributed by atoms with Crippen LogP contribution in [-0.2, 0) is 16.0 Å². The third-order valence-corrected chi connectivity index (χ3v) is 7.01. The van der Waals surface area contributed by atoms with Gasteiger partial charge in [0, 0.05) is 53.8 Å². The molecular formula is C25H29ClN4O4. The van der Waals surface area contributed by atoms with Crippen molar-refractivity contribution in [3.63, 3.8) is 0 Å². The molecule has 8 nitrogen and oxygen atoms in total. The second-order valence-corrected chi connectivity index (χ2v) is 9.54. The number of fused-ring (bicyclic) bond motifs is 2. The molecule has 2 amide bonds. The van der Waals surface area contributed by atoms with Crippen LogP contribution in [0.4, 0.5) is 5.69 Å². The number of aryl methyl sites for hydroxylation is 1. The number of allylic oxidation sites excluding steroid dienone is 1. The number of rotatable bonds is 5. The van der Waals surface area contributed by atoms with Crippen molar-refractivity contribution in [2.45, 2.75) is 32.3 Å². The molecule has 0 radical (unpaired) electrons. The van der Waals surface area contributed by atoms with E-state index in [1.54, 1.807) is 6.07 Å². The smallest absolute Gasteiger partial charge is 0.256 e. The van der Waals surface area contributed by atoms with Gasteiger partial charge in [0.25, 0.3) is 11.8 Å². The van der Waals surface area contributed by atoms with Crippen molar-refractivity contribution in [1.82, 2.24) is 15.2 Å². The van der Waals surface area contributed by atoms with Gasteiger partial charge in [0.1, 0.15) is 0 Å². The zero-order valence-corrected chi connectivity index (χ0v) is 19.9. The third kappa shape index (κ3) is 4.38. The first-order valence-electron chi connectivity index (χ1n) is 11.7. The number of nitrogens with zero attached hydrogens (tertiary/aromatic N) is 1. The number of ether oxygens (including phenoxy) is 1. The zero-order valence-electron chi connectivity index (χ0n) is 19.2. The van der Waals surface area contributed by atoms with E-state index >= 15 is 0 Å². The molecule has 2 aromatic rings. The van der Waals surface area contributed by atoms with E-state index in [4.69, 9.17) is 16.3 Å². The van der Waals surface area contributed by atoms with Crippen LogP contribution in [-0.4, -0.2) is 72.3 Å². The monoisotopic (exact) mass is 484 g/mol. The molecule has 0 saturated carbocycles. The standard InChI is InChI=1S/C25H29ClN4O4/c1-14-21(24(32)27-12-16(31)13-30-7-9-34-10-8-30)17-3-2-4-18(23(17)28-14)22-19-11-15(26)5-6-20(19)29-25(22)33/h5-6,11,16,28,31H,2-4,7-10,12-13H2,1H3,(H,27,32)(H,29,33). The van der Waals surface area contributed by atoms with Gasteiger partial charge in [-0.1, -0.05) is 11.6 Å². The van der Waals surface area contributed by atoms with Crippen molar-refractivity contribution in [2.24, 2.45) is 0 Å². The number of aromatic amines is 1. The summed E-state index contributed by atoms with van der Waals surface area (Å²) in [5.74, 6) is -0.355. The summed E-state index contributed by atoms with van der Waals surface area (Å²) >= 11 is 6.22. The van der Waals surface area contributed by atoms with Gasteiger partial charge in [-0.25, -0.2) is 0 Å². The number of aliphatic hydroxyl groups excluding tert-OH is 1. The Balaban J connectivity index is 1.38. The Bertz CT molecular complexity index is 1170. The predicted molar refractivity (Wildman–Crippen MR) is 131 cm³/mol. The van der Waals surface area contributed by atoms with Crippen LogP contribution < -0.4 is 10.6 Å². The lowest BCUT2D eigenvalue weighted by Crippen LogP contribution is -2.44. The Morgan fingerprint density at radius 2 is 2.09 bits per heavy atom. The average molecular weight is 485 g/mol. The van der Waals surface area contributed by atoms with Crippen LogP contribution in [0, 0.1) is 6.92 Å². The van der Waals surface area contributed by atoms with Crippen molar-refractivity contribution in [3.05, 3.63) is 51.3 Å². The first-order valence-corrected chi connectivity index (χ1v) is 12.1. The molecule has 0 bridgehead atoms. The van der Waals surface area contributed by atoms with E-state index in [0.717, 1.165) is 66.1 Å². The Morgan fingerprint density at radius 3 is 2.88 bits per heavy atom. The summed E-state index contributed by atoms with van der Waals surface area (Å²) in [4.78, 5) is 31.5. The maximum Gasteiger partial charge on any atom is 0.256 e. The van der Waals surface area contributed by atoms with Gasteiger partial charge in [-0.3, -0.25) is 14.5 Å². The minimum Gasteiger partial charge on any atom is -0.390 e. The zero-order chi connectivity index (χ0) is 23.8. The quantitative estimate of drug-likeness (QED) is 0.488. The summed E-state index contributed by atoms with van der Waals surface area (Å²) in [6.45, 7) is 5.46. The van der Waals surface area contributed by atoms with Gasteiger partial charge < -0.3 is 25.5 Å². The van der Waals surface area contributed by atoms with Gasteiger partial charge in [0.15, 0.2) is 0 Å². The lowest BCUT2D eigenvalue weighted by Gasteiger charge is -2.28. The van der Waals surface area contributed by atoms with Crippen molar-refractivity contribution in [2.75, 3.05) is 44.7 Å². The molecule has 9 heteroatoms. The highest BCUT2D eigenvalue weighted by atomic mass is 35.5. The lowest BCUT2D eigenvalue weighted by molar-refractivity contribution is -0.110. The van der Waals surface area contributed by atoms with Gasteiger partial charge in [0.05, 0.1) is 30.5 Å². The third-order valence-electron chi connectivity index (χ3n) is 6.77. The van der Waals surface area contributed by atoms with Gasteiger partial charge in [-0.2, -0.15) is 0 Å². The van der Waals surface area contributed by atoms with Gasteiger partial charge in [-0.05, 0) is 55.5 Å². The number of β-amino-alcohol motifs (C(OH)–C–C–N with tert-alkyl or cyclic N) is 1. The van der Waals surface area contributed by atoms with E-state index in [2.05, 4.69) is 20.5 Å². The van der Waals surface area contributed by atoms with E-state index in [-0.39, 0.29) is 18.4 Å². The molecule has 5 rings (SSSR count). The summed E-state index contributed by atoms with van der Waals surface area (Å²) in [6.07, 6.45) is 1.67. The molecule has 1 aliphatic carbocycles. The number of morpholine rings is 1. The second kappa shape index (κ2) is 9.54. The maximum absolute atomic E-state index is 13.1. The highest BCUT2D eigenvalue weighted by molar-refractivity contribution is 6.38. The van der Waals surface area contributed by atoms with Crippen molar-refractivity contribution >= 4 is 40.2 Å². The van der Waals surface area contributed by atoms with Crippen LogP contribution in [0.1, 0.15) is 45.7 Å². The number of carbonyl (C=O) groups excluding carboxylic acids is 2. The van der Waals surface area contributed by atoms with Crippen molar-refractivity contribution < 1.29 is 19.4 Å². The largest absolute Gasteiger partial charge is 0.390 e. The first kappa shape index (κ1) is 23.1. The molecule has 1 aromatic heterocycles. The van der Waals surface area contributed by atoms with Gasteiger partial charge in [0.2, 0.25) is 0 Å². The molecule has 1 atom stereocenters. The number of hydrogen-bond donors (Lipinski definition) is 4. The number of aromatic nitrogens is 1. The fraction of sp³-hybridized carbons (Fsp3) is 0.440. The molecule has 1 unspecified atom stereocenters. The lowest BCUT2D eigenvalue weighted by atomic mass is 9.86. The van der Waals surface area contributed by atoms with Gasteiger partial charge >= 0.3 is 0 Å². The molecule has 4 N–H and O–H groups in total. The van der Waals surface area contributed by atoms with Crippen molar-refractivity contribution in [3.8, 4) is 0 Å². The fourth-order valence-electron chi connectivity index (χ4n) is 5.19. The van der Waals surface area contributed by atoms with Crippen LogP contribution in [0.15, 0.2) is 18.2 Å². The van der Waals surface area contributed by atoms with Gasteiger partial charge in [-0.15, -0.1) is 0 Å². The number of halogens is 1. The van der Waals surface area contributed by atoms with Crippen LogP contribution in [0.5, 0.6) is 0 Å². The van der Waals surface area contributed by atoms with E-state index in [1.165, 1.54) is 0 Å². The summed E-state index contributed by atoms with van der Waals surface area (Å²) in [7, 11) is 0. The second-order valence-electron chi connectivity index (χ2n) is 9.11. The Labute approximate surface area is 203 Å². The van der Waals surface area contributed by atoms with E-state index in [1.807, 2.05) is 19.1 Å². The number of anilines is 1. The van der Waals surface area contributed by atoms with E-state index < -0.39 is 6.10 Å². The molecular weight excluding hydrogens is 456 g/mol. The summed E-state index contributed by atoms with van der Waals surface area (Å²) in [5, 5.41) is 16.8.